The van der Waals surface area contributed by atoms with E-state index in [4.69, 9.17) is 4.52 Å². The largest absolute Gasteiger partial charge is 0.618 e. The highest BCUT2D eigenvalue weighted by molar-refractivity contribution is 8.00. The molecule has 0 aliphatic carbocycles. The van der Waals surface area contributed by atoms with E-state index in [1.54, 1.807) is 31.2 Å². The summed E-state index contributed by atoms with van der Waals surface area (Å²) in [7, 11) is 0. The van der Waals surface area contributed by atoms with Crippen molar-refractivity contribution in [3.05, 3.63) is 41.4 Å². The first-order valence-electron chi connectivity index (χ1n) is 6.19. The lowest BCUT2D eigenvalue weighted by Crippen LogP contribution is -2.31. The Balaban J connectivity index is 2.04. The summed E-state index contributed by atoms with van der Waals surface area (Å²) >= 11 is 1.23. The summed E-state index contributed by atoms with van der Waals surface area (Å²) < 4.78 is 5.64. The molecule has 2 aromatic heterocycles. The molecule has 0 aliphatic rings. The van der Waals surface area contributed by atoms with E-state index in [1.165, 1.54) is 18.0 Å². The topological polar surface area (TPSA) is 82.1 Å². The maximum Gasteiger partial charge on any atom is 0.252 e. The van der Waals surface area contributed by atoms with Crippen LogP contribution in [0.3, 0.4) is 0 Å². The van der Waals surface area contributed by atoms with Gasteiger partial charge in [0.2, 0.25) is 5.91 Å². The summed E-state index contributed by atoms with van der Waals surface area (Å²) in [5.41, 5.74) is 0. The molecular formula is C13H15N3O3S. The molecule has 20 heavy (non-hydrogen) atoms. The number of aryl methyl sites for hydroxylation is 1. The van der Waals surface area contributed by atoms with Gasteiger partial charge < -0.3 is 15.0 Å². The fourth-order valence-corrected chi connectivity index (χ4v) is 2.55. The van der Waals surface area contributed by atoms with Crippen molar-refractivity contribution in [3.8, 4) is 0 Å². The van der Waals surface area contributed by atoms with Gasteiger partial charge in [0.15, 0.2) is 12.0 Å². The van der Waals surface area contributed by atoms with E-state index < -0.39 is 0 Å². The second-order valence-electron chi connectivity index (χ2n) is 4.19. The number of hydrogen-bond donors (Lipinski definition) is 1. The number of amides is 1. The van der Waals surface area contributed by atoms with Gasteiger partial charge in [0.05, 0.1) is 5.25 Å². The number of nitrogens with one attached hydrogen (secondary N) is 1. The fraction of sp³-hybridized carbons (Fsp3) is 0.308. The molecule has 7 heteroatoms. The van der Waals surface area contributed by atoms with E-state index in [2.05, 4.69) is 10.5 Å². The Morgan fingerprint density at radius 3 is 3.00 bits per heavy atom. The molecule has 0 spiro atoms. The minimum atomic E-state index is -0.366. The van der Waals surface area contributed by atoms with E-state index in [-0.39, 0.29) is 11.2 Å². The first-order valence-corrected chi connectivity index (χ1v) is 7.07. The molecule has 106 valence electrons. The van der Waals surface area contributed by atoms with Crippen LogP contribution in [0.4, 0.5) is 5.82 Å². The molecule has 2 heterocycles. The maximum absolute atomic E-state index is 12.1. The van der Waals surface area contributed by atoms with Gasteiger partial charge in [-0.3, -0.25) is 4.79 Å². The van der Waals surface area contributed by atoms with Gasteiger partial charge in [0.25, 0.3) is 5.03 Å². The second kappa shape index (κ2) is 6.42. The van der Waals surface area contributed by atoms with E-state index >= 15 is 0 Å². The van der Waals surface area contributed by atoms with Crippen LogP contribution in [-0.4, -0.2) is 16.3 Å². The summed E-state index contributed by atoms with van der Waals surface area (Å²) in [6, 6.07) is 6.75. The van der Waals surface area contributed by atoms with Gasteiger partial charge in [0.1, 0.15) is 5.76 Å². The number of carbonyl (C=O) groups is 1. The highest BCUT2D eigenvalue weighted by Crippen LogP contribution is 2.23. The Bertz CT molecular complexity index is 600. The van der Waals surface area contributed by atoms with Gasteiger partial charge in [-0.25, -0.2) is 0 Å². The van der Waals surface area contributed by atoms with E-state index in [1.807, 2.05) is 6.92 Å². The van der Waals surface area contributed by atoms with Gasteiger partial charge in [-0.05, 0) is 31.2 Å². The van der Waals surface area contributed by atoms with Crippen molar-refractivity contribution >= 4 is 23.5 Å². The van der Waals surface area contributed by atoms with Gasteiger partial charge >= 0.3 is 0 Å². The number of nitrogens with zero attached hydrogens (tertiary/aromatic N) is 2. The predicted octanol–water partition coefficient (Wildman–Crippen LogP) is 2.13. The van der Waals surface area contributed by atoms with Crippen LogP contribution in [0.1, 0.15) is 19.1 Å². The molecule has 6 nitrogen and oxygen atoms in total. The highest BCUT2D eigenvalue weighted by atomic mass is 32.2. The summed E-state index contributed by atoms with van der Waals surface area (Å²) in [6.07, 6.45) is 2.01. The molecule has 0 saturated carbocycles. The molecule has 1 amide bonds. The van der Waals surface area contributed by atoms with E-state index in [0.717, 1.165) is 4.73 Å². The zero-order valence-electron chi connectivity index (χ0n) is 11.2. The quantitative estimate of drug-likeness (QED) is 0.519. The summed E-state index contributed by atoms with van der Waals surface area (Å²) in [5, 5.41) is 18.1. The molecule has 0 aliphatic heterocycles. The average molecular weight is 293 g/mol. The molecule has 1 atom stereocenters. The van der Waals surface area contributed by atoms with Crippen molar-refractivity contribution in [2.24, 2.45) is 0 Å². The Morgan fingerprint density at radius 1 is 1.60 bits per heavy atom. The number of anilines is 1. The molecule has 1 N–H and O–H groups in total. The monoisotopic (exact) mass is 293 g/mol. The van der Waals surface area contributed by atoms with Crippen molar-refractivity contribution in [1.29, 1.82) is 0 Å². The molecule has 0 aromatic carbocycles. The number of pyridine rings is 1. The molecule has 2 aromatic rings. The predicted molar refractivity (Wildman–Crippen MR) is 75.2 cm³/mol. The van der Waals surface area contributed by atoms with Crippen LogP contribution < -0.4 is 10.0 Å². The summed E-state index contributed by atoms with van der Waals surface area (Å²) in [5.74, 6) is 0.811. The van der Waals surface area contributed by atoms with E-state index in [9.17, 15) is 10.0 Å². The molecule has 0 saturated heterocycles. The number of aromatic nitrogens is 2. The van der Waals surface area contributed by atoms with Crippen LogP contribution in [0.25, 0.3) is 0 Å². The Hall–Kier alpha value is -2.02. The smallest absolute Gasteiger partial charge is 0.252 e. The minimum absolute atomic E-state index is 0.199. The van der Waals surface area contributed by atoms with Crippen LogP contribution in [-0.2, 0) is 4.79 Å². The van der Waals surface area contributed by atoms with Crippen LogP contribution >= 0.6 is 11.8 Å². The average Bonchev–Trinajstić information content (AvgIpc) is 2.83. The van der Waals surface area contributed by atoms with Gasteiger partial charge in [0, 0.05) is 18.2 Å². The van der Waals surface area contributed by atoms with Crippen LogP contribution in [0.2, 0.25) is 0 Å². The second-order valence-corrected chi connectivity index (χ2v) is 5.41. The molecular weight excluding hydrogens is 278 g/mol. The third kappa shape index (κ3) is 3.51. The number of rotatable bonds is 5. The third-order valence-corrected chi connectivity index (χ3v) is 3.98. The first-order chi connectivity index (χ1) is 9.60. The van der Waals surface area contributed by atoms with E-state index in [0.29, 0.717) is 23.0 Å². The Morgan fingerprint density at radius 2 is 2.40 bits per heavy atom. The lowest BCUT2D eigenvalue weighted by molar-refractivity contribution is -0.645. The van der Waals surface area contributed by atoms with Gasteiger partial charge in [-0.2, -0.15) is 4.73 Å². The lowest BCUT2D eigenvalue weighted by atomic mass is 10.3. The minimum Gasteiger partial charge on any atom is -0.618 e. The van der Waals surface area contributed by atoms with Crippen LogP contribution in [0.5, 0.6) is 0 Å². The summed E-state index contributed by atoms with van der Waals surface area (Å²) in [4.78, 5) is 12.1. The highest BCUT2D eigenvalue weighted by Gasteiger charge is 2.22. The van der Waals surface area contributed by atoms with Crippen molar-refractivity contribution in [2.75, 3.05) is 5.32 Å². The molecule has 0 bridgehead atoms. The molecule has 2 rings (SSSR count). The Labute approximate surface area is 120 Å². The molecule has 0 fully saturated rings. The molecule has 0 radical (unpaired) electrons. The van der Waals surface area contributed by atoms with Crippen LogP contribution in [0.15, 0.2) is 40.0 Å². The van der Waals surface area contributed by atoms with Gasteiger partial charge in [-0.15, -0.1) is 0 Å². The third-order valence-electron chi connectivity index (χ3n) is 2.59. The number of carbonyl (C=O) groups excluding carboxylic acids is 1. The zero-order valence-corrected chi connectivity index (χ0v) is 12.0. The standard InChI is InChI=1S/C13H15N3O3S/c1-3-10(20-12-6-4-5-7-16(12)18)13(17)14-11-8-9(2)19-15-11/h4-8,10H,3H2,1-2H3,(H,14,15,17)/t10-/m0/s1. The number of hydrogen-bond acceptors (Lipinski definition) is 5. The number of thioether (sulfide) groups is 1. The Kier molecular flexibility index (Phi) is 4.62. The van der Waals surface area contributed by atoms with Crippen molar-refractivity contribution in [3.63, 3.8) is 0 Å². The summed E-state index contributed by atoms with van der Waals surface area (Å²) in [6.45, 7) is 3.64. The lowest BCUT2D eigenvalue weighted by Gasteiger charge is -2.12. The van der Waals surface area contributed by atoms with Gasteiger partial charge in [-0.1, -0.05) is 12.1 Å². The molecule has 0 unspecified atom stereocenters. The maximum atomic E-state index is 12.1. The SMILES string of the molecule is CC[C@H](Sc1cccc[n+]1[O-])C(=O)Nc1cc(C)on1. The fourth-order valence-electron chi connectivity index (χ4n) is 1.60. The van der Waals surface area contributed by atoms with Crippen molar-refractivity contribution in [2.45, 2.75) is 30.5 Å². The van der Waals surface area contributed by atoms with Crippen molar-refractivity contribution < 1.29 is 14.0 Å². The van der Waals surface area contributed by atoms with Crippen LogP contribution in [0, 0.1) is 12.1 Å². The van der Waals surface area contributed by atoms with Crippen molar-refractivity contribution in [1.82, 2.24) is 5.16 Å². The first kappa shape index (κ1) is 14.4. The normalized spacial score (nSPS) is 12.1. The zero-order chi connectivity index (χ0) is 14.5.